The largest absolute Gasteiger partial charge is 0.352 e. The van der Waals surface area contributed by atoms with Crippen LogP contribution < -0.4 is 9.62 Å². The molecule has 3 aromatic rings. The molecule has 0 radical (unpaired) electrons. The van der Waals surface area contributed by atoms with Crippen molar-refractivity contribution in [1.29, 1.82) is 0 Å². The van der Waals surface area contributed by atoms with Crippen molar-refractivity contribution >= 4 is 39.1 Å². The highest BCUT2D eigenvalue weighted by molar-refractivity contribution is 7.92. The first-order valence-electron chi connectivity index (χ1n) is 13.8. The maximum absolute atomic E-state index is 14.0. The van der Waals surface area contributed by atoms with Gasteiger partial charge in [-0.25, -0.2) is 12.8 Å². The van der Waals surface area contributed by atoms with Crippen molar-refractivity contribution in [3.05, 3.63) is 95.3 Å². The molecule has 1 N–H and O–H groups in total. The number of anilines is 1. The summed E-state index contributed by atoms with van der Waals surface area (Å²) in [5.74, 6) is -1.55. The Morgan fingerprint density at radius 1 is 0.976 bits per heavy atom. The average Bonchev–Trinajstić information content (AvgIpc) is 2.98. The summed E-state index contributed by atoms with van der Waals surface area (Å²) < 4.78 is 42.5. The Labute approximate surface area is 246 Å². The number of nitrogens with one attached hydrogen (secondary N) is 1. The van der Waals surface area contributed by atoms with Gasteiger partial charge in [-0.2, -0.15) is 0 Å². The van der Waals surface area contributed by atoms with Crippen LogP contribution >= 0.6 is 11.6 Å². The molecule has 1 aliphatic rings. The van der Waals surface area contributed by atoms with Crippen LogP contribution in [0.15, 0.2) is 83.8 Å². The van der Waals surface area contributed by atoms with Gasteiger partial charge in [0.2, 0.25) is 11.8 Å². The SMILES string of the molecule is C[C@@H](C(=O)NC1CCCCC1)N(CCc1ccccc1)C(=O)CN(c1ccc(F)c(Cl)c1)S(=O)(=O)c1ccccc1. The number of benzene rings is 3. The van der Waals surface area contributed by atoms with E-state index in [9.17, 15) is 22.4 Å². The number of carbonyl (C=O) groups excluding carboxylic acids is 2. The van der Waals surface area contributed by atoms with Crippen LogP contribution in [0.2, 0.25) is 5.02 Å². The number of halogens is 2. The number of amides is 2. The average molecular weight is 600 g/mol. The molecule has 0 bridgehead atoms. The fraction of sp³-hybridized carbons (Fsp3) is 0.355. The molecule has 41 heavy (non-hydrogen) atoms. The Hall–Kier alpha value is -3.43. The van der Waals surface area contributed by atoms with Gasteiger partial charge in [-0.1, -0.05) is 79.4 Å². The van der Waals surface area contributed by atoms with Gasteiger partial charge in [0, 0.05) is 12.6 Å². The first kappa shape index (κ1) is 30.5. The molecule has 0 heterocycles. The summed E-state index contributed by atoms with van der Waals surface area (Å²) >= 11 is 6.01. The minimum atomic E-state index is -4.24. The fourth-order valence-electron chi connectivity index (χ4n) is 5.03. The second kappa shape index (κ2) is 14.0. The maximum Gasteiger partial charge on any atom is 0.264 e. The predicted octanol–water partition coefficient (Wildman–Crippen LogP) is 5.58. The van der Waals surface area contributed by atoms with Gasteiger partial charge in [-0.15, -0.1) is 0 Å². The molecule has 4 rings (SSSR count). The van der Waals surface area contributed by atoms with Crippen molar-refractivity contribution in [2.24, 2.45) is 0 Å². The van der Waals surface area contributed by atoms with Crippen LogP contribution in [0.5, 0.6) is 0 Å². The van der Waals surface area contributed by atoms with Crippen LogP contribution in [0.3, 0.4) is 0 Å². The molecule has 0 unspecified atom stereocenters. The lowest BCUT2D eigenvalue weighted by Gasteiger charge is -2.33. The Morgan fingerprint density at radius 3 is 2.24 bits per heavy atom. The van der Waals surface area contributed by atoms with Gasteiger partial charge in [-0.05, 0) is 62.1 Å². The zero-order valence-electron chi connectivity index (χ0n) is 23.0. The van der Waals surface area contributed by atoms with Crippen LogP contribution in [0.1, 0.15) is 44.6 Å². The van der Waals surface area contributed by atoms with E-state index in [2.05, 4.69) is 5.32 Å². The van der Waals surface area contributed by atoms with Crippen LogP contribution in [0, 0.1) is 5.82 Å². The van der Waals surface area contributed by atoms with E-state index in [4.69, 9.17) is 11.6 Å². The molecule has 0 aromatic heterocycles. The minimum Gasteiger partial charge on any atom is -0.352 e. The summed E-state index contributed by atoms with van der Waals surface area (Å²) in [5, 5.41) is 2.81. The molecular weight excluding hydrogens is 565 g/mol. The lowest BCUT2D eigenvalue weighted by molar-refractivity contribution is -0.139. The quantitative estimate of drug-likeness (QED) is 0.312. The topological polar surface area (TPSA) is 86.8 Å². The monoisotopic (exact) mass is 599 g/mol. The van der Waals surface area contributed by atoms with Crippen molar-refractivity contribution in [3.63, 3.8) is 0 Å². The van der Waals surface area contributed by atoms with Crippen molar-refractivity contribution in [3.8, 4) is 0 Å². The van der Waals surface area contributed by atoms with Crippen molar-refractivity contribution in [2.45, 2.75) is 62.4 Å². The highest BCUT2D eigenvalue weighted by Crippen LogP contribution is 2.28. The van der Waals surface area contributed by atoms with Gasteiger partial charge < -0.3 is 10.2 Å². The van der Waals surface area contributed by atoms with E-state index in [0.717, 1.165) is 48.0 Å². The zero-order valence-corrected chi connectivity index (χ0v) is 24.6. The van der Waals surface area contributed by atoms with Crippen molar-refractivity contribution < 1.29 is 22.4 Å². The predicted molar refractivity (Wildman–Crippen MR) is 159 cm³/mol. The van der Waals surface area contributed by atoms with Crippen LogP contribution in [0.25, 0.3) is 0 Å². The normalized spacial score (nSPS) is 14.7. The smallest absolute Gasteiger partial charge is 0.264 e. The van der Waals surface area contributed by atoms with Gasteiger partial charge in [0.25, 0.3) is 10.0 Å². The lowest BCUT2D eigenvalue weighted by Crippen LogP contribution is -2.53. The number of hydrogen-bond acceptors (Lipinski definition) is 4. The number of carbonyl (C=O) groups is 2. The molecule has 1 saturated carbocycles. The highest BCUT2D eigenvalue weighted by Gasteiger charge is 2.33. The van der Waals surface area contributed by atoms with Gasteiger partial charge in [0.1, 0.15) is 18.4 Å². The third-order valence-corrected chi connectivity index (χ3v) is 9.48. The molecule has 1 fully saturated rings. The van der Waals surface area contributed by atoms with Gasteiger partial charge in [0.15, 0.2) is 0 Å². The van der Waals surface area contributed by atoms with E-state index in [1.807, 2.05) is 30.3 Å². The molecule has 10 heteroatoms. The Balaban J connectivity index is 1.64. The van der Waals surface area contributed by atoms with Gasteiger partial charge in [0.05, 0.1) is 15.6 Å². The molecule has 7 nitrogen and oxygen atoms in total. The highest BCUT2D eigenvalue weighted by atomic mass is 35.5. The summed E-state index contributed by atoms with van der Waals surface area (Å²) in [6.07, 6.45) is 5.49. The summed E-state index contributed by atoms with van der Waals surface area (Å²) in [4.78, 5) is 28.7. The summed E-state index contributed by atoms with van der Waals surface area (Å²) in [6, 6.07) is 20.0. The lowest BCUT2D eigenvalue weighted by atomic mass is 9.95. The molecule has 0 aliphatic heterocycles. The van der Waals surface area contributed by atoms with Gasteiger partial charge >= 0.3 is 0 Å². The molecule has 1 aliphatic carbocycles. The molecule has 0 spiro atoms. The van der Waals surface area contributed by atoms with Gasteiger partial charge in [-0.3, -0.25) is 13.9 Å². The maximum atomic E-state index is 14.0. The standard InChI is InChI=1S/C31H35ClFN3O4S/c1-23(31(38)34-25-13-7-3-8-14-25)35(20-19-24-11-5-2-6-12-24)30(37)22-36(26-17-18-29(33)28(32)21-26)41(39,40)27-15-9-4-10-16-27/h2,4-6,9-12,15-18,21,23,25H,3,7-8,13-14,19-20,22H2,1H3,(H,34,38)/t23-/m0/s1. The third kappa shape index (κ3) is 7.86. The van der Waals surface area contributed by atoms with E-state index >= 15 is 0 Å². The minimum absolute atomic E-state index is 0.0350. The zero-order chi connectivity index (χ0) is 29.4. The summed E-state index contributed by atoms with van der Waals surface area (Å²) in [6.45, 7) is 1.26. The van der Waals surface area contributed by atoms with Crippen molar-refractivity contribution in [1.82, 2.24) is 10.2 Å². The van der Waals surface area contributed by atoms with E-state index in [1.165, 1.54) is 29.2 Å². The molecular formula is C31H35ClFN3O4S. The Morgan fingerprint density at radius 2 is 1.61 bits per heavy atom. The van der Waals surface area contributed by atoms with E-state index in [1.54, 1.807) is 25.1 Å². The number of nitrogens with zero attached hydrogens (tertiary/aromatic N) is 2. The van der Waals surface area contributed by atoms with Crippen molar-refractivity contribution in [2.75, 3.05) is 17.4 Å². The summed E-state index contributed by atoms with van der Waals surface area (Å²) in [7, 11) is -4.24. The van der Waals surface area contributed by atoms with E-state index < -0.39 is 34.3 Å². The molecule has 3 aromatic carbocycles. The van der Waals surface area contributed by atoms with Crippen LogP contribution in [-0.2, 0) is 26.0 Å². The summed E-state index contributed by atoms with van der Waals surface area (Å²) in [5.41, 5.74) is 1.01. The van der Waals surface area contributed by atoms with Crippen LogP contribution in [0.4, 0.5) is 10.1 Å². The molecule has 218 valence electrons. The Bertz CT molecular complexity index is 1430. The number of hydrogen-bond donors (Lipinski definition) is 1. The van der Waals surface area contributed by atoms with Crippen LogP contribution in [-0.4, -0.2) is 50.3 Å². The molecule has 0 saturated heterocycles. The van der Waals surface area contributed by atoms with E-state index in [-0.39, 0.29) is 34.1 Å². The first-order chi connectivity index (χ1) is 19.7. The second-order valence-corrected chi connectivity index (χ2v) is 12.5. The Kier molecular flexibility index (Phi) is 10.4. The number of sulfonamides is 1. The van der Waals surface area contributed by atoms with E-state index in [0.29, 0.717) is 6.42 Å². The molecule has 2 amide bonds. The number of rotatable bonds is 11. The fourth-order valence-corrected chi connectivity index (χ4v) is 6.63. The molecule has 1 atom stereocenters. The first-order valence-corrected chi connectivity index (χ1v) is 15.6. The third-order valence-electron chi connectivity index (χ3n) is 7.40. The second-order valence-electron chi connectivity index (χ2n) is 10.3.